The number of hydrogen-bond acceptors (Lipinski definition) is 4. The Kier molecular flexibility index (Phi) is 1.94. The highest BCUT2D eigenvalue weighted by Crippen LogP contribution is 2.07. The molecule has 5 heteroatoms. The van der Waals surface area contributed by atoms with Crippen LogP contribution < -0.4 is 0 Å². The van der Waals surface area contributed by atoms with Crippen LogP contribution in [0.15, 0.2) is 32.6 Å². The van der Waals surface area contributed by atoms with Crippen molar-refractivity contribution in [1.82, 2.24) is 0 Å². The average molecular weight is 190 g/mol. The first kappa shape index (κ1) is 8.12. The zero-order chi connectivity index (χ0) is 9.26. The molecule has 0 unspecified atom stereocenters. The number of aliphatic imine (C=N–C) groups is 4. The zero-order valence-electron chi connectivity index (χ0n) is 6.77. The van der Waals surface area contributed by atoms with Gasteiger partial charge in [0.25, 0.3) is 0 Å². The molecule has 2 aliphatic rings. The van der Waals surface area contributed by atoms with E-state index in [0.29, 0.717) is 28.8 Å². The molecule has 0 atom stereocenters. The van der Waals surface area contributed by atoms with Crippen molar-refractivity contribution >= 4 is 40.9 Å². The fraction of sp³-hybridized carbons (Fsp3) is 0.125. The minimum Gasteiger partial charge on any atom is -0.230 e. The van der Waals surface area contributed by atoms with Gasteiger partial charge >= 0.3 is 0 Å². The molecule has 0 aromatic heterocycles. The van der Waals surface area contributed by atoms with Gasteiger partial charge in [-0.3, -0.25) is 0 Å². The van der Waals surface area contributed by atoms with E-state index in [1.165, 1.54) is 6.34 Å². The Hall–Kier alpha value is -1.49. The third-order valence-corrected chi connectivity index (χ3v) is 1.86. The number of rotatable bonds is 2. The number of thiocarbonyl (C=S) groups is 1. The molecule has 4 nitrogen and oxygen atoms in total. The lowest BCUT2D eigenvalue weighted by molar-refractivity contribution is 1.38. The van der Waals surface area contributed by atoms with Crippen molar-refractivity contribution in [3.8, 4) is 0 Å². The molecule has 2 rings (SSSR count). The highest BCUT2D eigenvalue weighted by Gasteiger charge is 2.21. The fourth-order valence-corrected chi connectivity index (χ4v) is 1.28. The second-order valence-corrected chi connectivity index (χ2v) is 2.87. The lowest BCUT2D eigenvalue weighted by atomic mass is 10.3. The van der Waals surface area contributed by atoms with Crippen molar-refractivity contribution in [3.05, 3.63) is 12.7 Å². The van der Waals surface area contributed by atoms with Gasteiger partial charge in [0, 0.05) is 6.42 Å². The standard InChI is InChI=1S/C8H6N4S/c1-2-3-5-11-7-6(8(13)12-5)9-4-10-7/h2,4H,1,3H2. The van der Waals surface area contributed by atoms with Crippen molar-refractivity contribution in [2.45, 2.75) is 6.42 Å². The number of hydrogen-bond donors (Lipinski definition) is 0. The average Bonchev–Trinajstić information content (AvgIpc) is 2.53. The lowest BCUT2D eigenvalue weighted by Crippen LogP contribution is -2.23. The molecule has 2 aliphatic heterocycles. The maximum atomic E-state index is 5.02. The van der Waals surface area contributed by atoms with Gasteiger partial charge in [-0.1, -0.05) is 18.3 Å². The van der Waals surface area contributed by atoms with E-state index in [4.69, 9.17) is 12.2 Å². The molecule has 0 aromatic rings. The SMILES string of the molecule is C=CCC1=NC(=S)C2=NC=NC2=N1. The van der Waals surface area contributed by atoms with Crippen LogP contribution in [0.25, 0.3) is 0 Å². The summed E-state index contributed by atoms with van der Waals surface area (Å²) in [5.74, 6) is 1.21. The summed E-state index contributed by atoms with van der Waals surface area (Å²) in [6, 6.07) is 0. The third kappa shape index (κ3) is 1.38. The summed E-state index contributed by atoms with van der Waals surface area (Å²) >= 11 is 5.02. The van der Waals surface area contributed by atoms with E-state index in [2.05, 4.69) is 26.5 Å². The van der Waals surface area contributed by atoms with Gasteiger partial charge in [-0.15, -0.1) is 6.58 Å². The summed E-state index contributed by atoms with van der Waals surface area (Å²) in [5, 5.41) is 0. The number of nitrogens with zero attached hydrogens (tertiary/aromatic N) is 4. The summed E-state index contributed by atoms with van der Waals surface area (Å²) in [5.41, 5.74) is 0.600. The Labute approximate surface area is 80.5 Å². The van der Waals surface area contributed by atoms with E-state index in [1.807, 2.05) is 0 Å². The van der Waals surface area contributed by atoms with E-state index < -0.39 is 0 Å². The molecule has 0 bridgehead atoms. The molecule has 2 heterocycles. The predicted octanol–water partition coefficient (Wildman–Crippen LogP) is 1.18. The fourth-order valence-electron chi connectivity index (χ4n) is 1.03. The number of amidine groups is 2. The zero-order valence-corrected chi connectivity index (χ0v) is 7.58. The molecule has 64 valence electrons. The van der Waals surface area contributed by atoms with E-state index in [0.717, 1.165) is 0 Å². The molecule has 0 saturated heterocycles. The van der Waals surface area contributed by atoms with Crippen LogP contribution in [-0.2, 0) is 0 Å². The van der Waals surface area contributed by atoms with Crippen molar-refractivity contribution in [2.24, 2.45) is 20.0 Å². The minimum atomic E-state index is 0.458. The van der Waals surface area contributed by atoms with Gasteiger partial charge in [0.15, 0.2) is 10.8 Å². The molecule has 0 aromatic carbocycles. The van der Waals surface area contributed by atoms with Crippen LogP contribution >= 0.6 is 12.2 Å². The Morgan fingerprint density at radius 1 is 1.46 bits per heavy atom. The van der Waals surface area contributed by atoms with Gasteiger partial charge < -0.3 is 0 Å². The Morgan fingerprint density at radius 2 is 2.31 bits per heavy atom. The van der Waals surface area contributed by atoms with E-state index >= 15 is 0 Å². The van der Waals surface area contributed by atoms with Crippen LogP contribution in [0.3, 0.4) is 0 Å². The van der Waals surface area contributed by atoms with Crippen molar-refractivity contribution in [1.29, 1.82) is 0 Å². The topological polar surface area (TPSA) is 49.4 Å². The summed E-state index contributed by atoms with van der Waals surface area (Å²) in [4.78, 5) is 16.6. The maximum Gasteiger partial charge on any atom is 0.184 e. The second-order valence-electron chi connectivity index (χ2n) is 2.48. The molecular weight excluding hydrogens is 184 g/mol. The quantitative estimate of drug-likeness (QED) is 0.476. The van der Waals surface area contributed by atoms with Crippen LogP contribution in [0.2, 0.25) is 0 Å². The molecule has 0 saturated carbocycles. The summed E-state index contributed by atoms with van der Waals surface area (Å²) in [7, 11) is 0. The summed E-state index contributed by atoms with van der Waals surface area (Å²) < 4.78 is 0. The van der Waals surface area contributed by atoms with Gasteiger partial charge in [-0.25, -0.2) is 20.0 Å². The van der Waals surface area contributed by atoms with Gasteiger partial charge in [-0.05, 0) is 0 Å². The first-order valence-electron chi connectivity index (χ1n) is 3.73. The second kappa shape index (κ2) is 3.10. The highest BCUT2D eigenvalue weighted by atomic mass is 32.1. The van der Waals surface area contributed by atoms with Crippen LogP contribution in [-0.4, -0.2) is 28.7 Å². The first-order valence-corrected chi connectivity index (χ1v) is 4.14. The van der Waals surface area contributed by atoms with Crippen LogP contribution in [0.5, 0.6) is 0 Å². The smallest absolute Gasteiger partial charge is 0.184 e. The molecular formula is C8H6N4S. The van der Waals surface area contributed by atoms with Crippen LogP contribution in [0.1, 0.15) is 6.42 Å². The largest absolute Gasteiger partial charge is 0.230 e. The van der Waals surface area contributed by atoms with Gasteiger partial charge in [0.2, 0.25) is 0 Å². The van der Waals surface area contributed by atoms with E-state index in [1.54, 1.807) is 6.08 Å². The van der Waals surface area contributed by atoms with Crippen molar-refractivity contribution < 1.29 is 0 Å². The first-order chi connectivity index (χ1) is 6.31. The molecule has 0 amide bonds. The Morgan fingerprint density at radius 3 is 3.08 bits per heavy atom. The van der Waals surface area contributed by atoms with Crippen molar-refractivity contribution in [3.63, 3.8) is 0 Å². The predicted molar refractivity (Wildman–Crippen MR) is 58.2 cm³/mol. The lowest BCUT2D eigenvalue weighted by Gasteiger charge is -2.06. The van der Waals surface area contributed by atoms with Gasteiger partial charge in [-0.2, -0.15) is 0 Å². The molecule has 0 N–H and O–H groups in total. The molecule has 0 aliphatic carbocycles. The molecule has 13 heavy (non-hydrogen) atoms. The highest BCUT2D eigenvalue weighted by molar-refractivity contribution is 7.82. The van der Waals surface area contributed by atoms with E-state index in [9.17, 15) is 0 Å². The molecule has 0 radical (unpaired) electrons. The van der Waals surface area contributed by atoms with Gasteiger partial charge in [0.1, 0.15) is 17.9 Å². The maximum absolute atomic E-state index is 5.02. The normalized spacial score (nSPS) is 19.1. The van der Waals surface area contributed by atoms with Gasteiger partial charge in [0.05, 0.1) is 0 Å². The Bertz CT molecular complexity index is 400. The molecule has 0 spiro atoms. The summed E-state index contributed by atoms with van der Waals surface area (Å²) in [6.07, 6.45) is 3.77. The number of fused-ring (bicyclic) bond motifs is 1. The van der Waals surface area contributed by atoms with E-state index in [-0.39, 0.29) is 0 Å². The van der Waals surface area contributed by atoms with Crippen LogP contribution in [0.4, 0.5) is 0 Å². The third-order valence-electron chi connectivity index (χ3n) is 1.57. The van der Waals surface area contributed by atoms with Crippen molar-refractivity contribution in [2.75, 3.05) is 0 Å². The summed E-state index contributed by atoms with van der Waals surface area (Å²) in [6.45, 7) is 3.60. The molecule has 0 fully saturated rings. The van der Waals surface area contributed by atoms with Crippen LogP contribution in [0, 0.1) is 0 Å². The monoisotopic (exact) mass is 190 g/mol. The minimum absolute atomic E-state index is 0.458. The Balaban J connectivity index is 2.37.